The van der Waals surface area contributed by atoms with Crippen molar-refractivity contribution in [1.82, 2.24) is 0 Å². The number of hydrogen-bond acceptors (Lipinski definition) is 2. The second-order valence-electron chi connectivity index (χ2n) is 3.95. The van der Waals surface area contributed by atoms with E-state index >= 15 is 0 Å². The van der Waals surface area contributed by atoms with Gasteiger partial charge in [0, 0.05) is 6.61 Å². The fraction of sp³-hybridized carbons (Fsp3) is 0.750. The Hall–Kier alpha value is -0.630. The second-order valence-corrected chi connectivity index (χ2v) is 3.95. The first-order valence-electron chi connectivity index (χ1n) is 5.23. The summed E-state index contributed by atoms with van der Waals surface area (Å²) in [6.45, 7) is 7.24. The van der Waals surface area contributed by atoms with Crippen LogP contribution in [0.5, 0.6) is 0 Å². The minimum Gasteiger partial charge on any atom is -0.373 e. The summed E-state index contributed by atoms with van der Waals surface area (Å²) >= 11 is 0. The highest BCUT2D eigenvalue weighted by Crippen LogP contribution is 2.11. The maximum Gasteiger partial charge on any atom is 0.226 e. The van der Waals surface area contributed by atoms with Gasteiger partial charge in [-0.15, -0.1) is 0 Å². The molecule has 0 aliphatic rings. The van der Waals surface area contributed by atoms with Crippen molar-refractivity contribution >= 4 is 6.29 Å². The van der Waals surface area contributed by atoms with Gasteiger partial charge in [-0.1, -0.05) is 18.6 Å². The van der Waals surface area contributed by atoms with Gasteiger partial charge in [-0.2, -0.15) is 0 Å². The summed E-state index contributed by atoms with van der Waals surface area (Å²) < 4.78 is 5.04. The van der Waals surface area contributed by atoms with Crippen molar-refractivity contribution in [2.24, 2.45) is 5.92 Å². The SMILES string of the molecule is CC(C)=CCCC(C)CCOC[C]=O. The van der Waals surface area contributed by atoms with Gasteiger partial charge in [-0.3, -0.25) is 4.79 Å². The predicted octanol–water partition coefficient (Wildman–Crippen LogP) is 2.89. The minimum absolute atomic E-state index is 0.112. The van der Waals surface area contributed by atoms with Gasteiger partial charge < -0.3 is 4.74 Å². The molecule has 2 nitrogen and oxygen atoms in total. The third kappa shape index (κ3) is 9.46. The van der Waals surface area contributed by atoms with E-state index in [2.05, 4.69) is 26.8 Å². The second kappa shape index (κ2) is 8.95. The zero-order valence-electron chi connectivity index (χ0n) is 9.51. The van der Waals surface area contributed by atoms with Gasteiger partial charge in [-0.05, 0) is 39.0 Å². The van der Waals surface area contributed by atoms with Gasteiger partial charge >= 0.3 is 0 Å². The fourth-order valence-electron chi connectivity index (χ4n) is 1.20. The smallest absolute Gasteiger partial charge is 0.226 e. The topological polar surface area (TPSA) is 26.3 Å². The molecular formula is C12H21O2. The third-order valence-corrected chi connectivity index (χ3v) is 2.13. The molecule has 14 heavy (non-hydrogen) atoms. The van der Waals surface area contributed by atoms with Gasteiger partial charge in [0.2, 0.25) is 6.29 Å². The lowest BCUT2D eigenvalue weighted by molar-refractivity contribution is 0.153. The summed E-state index contributed by atoms with van der Waals surface area (Å²) in [6.07, 6.45) is 7.34. The normalized spacial score (nSPS) is 12.2. The lowest BCUT2D eigenvalue weighted by Crippen LogP contribution is -2.03. The van der Waals surface area contributed by atoms with Gasteiger partial charge in [-0.25, -0.2) is 0 Å². The zero-order valence-corrected chi connectivity index (χ0v) is 9.51. The van der Waals surface area contributed by atoms with Crippen molar-refractivity contribution in [3.8, 4) is 0 Å². The average Bonchev–Trinajstić information content (AvgIpc) is 2.12. The first-order chi connectivity index (χ1) is 6.66. The molecule has 0 aliphatic carbocycles. The molecule has 0 fully saturated rings. The number of allylic oxidation sites excluding steroid dienone is 2. The molecule has 1 radical (unpaired) electrons. The van der Waals surface area contributed by atoms with Crippen LogP contribution < -0.4 is 0 Å². The molecule has 1 unspecified atom stereocenters. The van der Waals surface area contributed by atoms with E-state index in [1.807, 2.05) is 0 Å². The van der Waals surface area contributed by atoms with E-state index < -0.39 is 0 Å². The molecule has 0 amide bonds. The third-order valence-electron chi connectivity index (χ3n) is 2.13. The first-order valence-corrected chi connectivity index (χ1v) is 5.23. The van der Waals surface area contributed by atoms with Crippen LogP contribution in [-0.2, 0) is 9.53 Å². The Bertz CT molecular complexity index is 169. The van der Waals surface area contributed by atoms with E-state index in [9.17, 15) is 4.79 Å². The van der Waals surface area contributed by atoms with Crippen molar-refractivity contribution in [2.75, 3.05) is 13.2 Å². The number of ether oxygens (including phenoxy) is 1. The van der Waals surface area contributed by atoms with E-state index in [4.69, 9.17) is 4.74 Å². The summed E-state index contributed by atoms with van der Waals surface area (Å²) in [4.78, 5) is 9.84. The molecular weight excluding hydrogens is 176 g/mol. The fourth-order valence-corrected chi connectivity index (χ4v) is 1.20. The molecule has 0 aromatic carbocycles. The Morgan fingerprint density at radius 3 is 2.71 bits per heavy atom. The first kappa shape index (κ1) is 13.4. The van der Waals surface area contributed by atoms with Crippen LogP contribution in [-0.4, -0.2) is 19.5 Å². The van der Waals surface area contributed by atoms with Crippen LogP contribution in [0.25, 0.3) is 0 Å². The van der Waals surface area contributed by atoms with Crippen LogP contribution in [0.1, 0.15) is 40.0 Å². The largest absolute Gasteiger partial charge is 0.373 e. The predicted molar refractivity (Wildman–Crippen MR) is 59.0 cm³/mol. The highest BCUT2D eigenvalue weighted by Gasteiger charge is 2.00. The molecule has 81 valence electrons. The van der Waals surface area contributed by atoms with Crippen molar-refractivity contribution < 1.29 is 9.53 Å². The Morgan fingerprint density at radius 1 is 1.43 bits per heavy atom. The molecule has 0 aromatic heterocycles. The molecule has 0 rings (SSSR count). The van der Waals surface area contributed by atoms with Gasteiger partial charge in [0.15, 0.2) is 0 Å². The standard InChI is InChI=1S/C12H21O2/c1-11(2)5-4-6-12(3)7-9-14-10-8-13/h5,12H,4,6-7,9-10H2,1-3H3. The van der Waals surface area contributed by atoms with Crippen LogP contribution in [0.4, 0.5) is 0 Å². The van der Waals surface area contributed by atoms with Crippen molar-refractivity contribution in [2.45, 2.75) is 40.0 Å². The van der Waals surface area contributed by atoms with Crippen LogP contribution in [0.15, 0.2) is 11.6 Å². The molecule has 1 atom stereocenters. The minimum atomic E-state index is 0.112. The summed E-state index contributed by atoms with van der Waals surface area (Å²) in [5.74, 6) is 0.664. The van der Waals surface area contributed by atoms with Crippen molar-refractivity contribution in [3.63, 3.8) is 0 Å². The average molecular weight is 197 g/mol. The Balaban J connectivity index is 3.32. The quantitative estimate of drug-likeness (QED) is 0.442. The van der Waals surface area contributed by atoms with E-state index in [1.165, 1.54) is 12.0 Å². The molecule has 2 heteroatoms. The molecule has 0 aromatic rings. The van der Waals surface area contributed by atoms with E-state index in [-0.39, 0.29) is 6.61 Å². The number of hydrogen-bond donors (Lipinski definition) is 0. The summed E-state index contributed by atoms with van der Waals surface area (Å²) in [6, 6.07) is 0. The van der Waals surface area contributed by atoms with Crippen LogP contribution in [0, 0.1) is 5.92 Å². The maximum atomic E-state index is 9.84. The summed E-state index contributed by atoms with van der Waals surface area (Å²) in [7, 11) is 0. The highest BCUT2D eigenvalue weighted by atomic mass is 16.5. The van der Waals surface area contributed by atoms with Crippen LogP contribution in [0.3, 0.4) is 0 Å². The van der Waals surface area contributed by atoms with Crippen LogP contribution in [0.2, 0.25) is 0 Å². The number of rotatable bonds is 8. The Labute approximate surface area is 87.3 Å². The molecule has 0 N–H and O–H groups in total. The molecule has 0 aliphatic heterocycles. The maximum absolute atomic E-state index is 9.84. The Kier molecular flexibility index (Phi) is 8.54. The van der Waals surface area contributed by atoms with E-state index in [0.29, 0.717) is 12.5 Å². The molecule has 0 saturated carbocycles. The van der Waals surface area contributed by atoms with Gasteiger partial charge in [0.1, 0.15) is 6.61 Å². The zero-order chi connectivity index (χ0) is 10.8. The van der Waals surface area contributed by atoms with E-state index in [1.54, 1.807) is 6.29 Å². The molecule has 0 heterocycles. The monoisotopic (exact) mass is 197 g/mol. The van der Waals surface area contributed by atoms with Crippen LogP contribution >= 0.6 is 0 Å². The molecule has 0 bridgehead atoms. The van der Waals surface area contributed by atoms with Crippen molar-refractivity contribution in [1.29, 1.82) is 0 Å². The van der Waals surface area contributed by atoms with Gasteiger partial charge in [0.25, 0.3) is 0 Å². The van der Waals surface area contributed by atoms with E-state index in [0.717, 1.165) is 12.8 Å². The Morgan fingerprint density at radius 2 is 2.14 bits per heavy atom. The lowest BCUT2D eigenvalue weighted by atomic mass is 10.0. The van der Waals surface area contributed by atoms with Crippen molar-refractivity contribution in [3.05, 3.63) is 11.6 Å². The highest BCUT2D eigenvalue weighted by molar-refractivity contribution is 5.51. The lowest BCUT2D eigenvalue weighted by Gasteiger charge is -2.09. The number of carbonyl (C=O) groups excluding carboxylic acids is 1. The summed E-state index contributed by atoms with van der Waals surface area (Å²) in [5, 5.41) is 0. The molecule has 0 spiro atoms. The van der Waals surface area contributed by atoms with Gasteiger partial charge in [0.05, 0.1) is 0 Å². The summed E-state index contributed by atoms with van der Waals surface area (Å²) in [5.41, 5.74) is 1.38. The molecule has 0 saturated heterocycles.